The first-order valence-electron chi connectivity index (χ1n) is 6.70. The lowest BCUT2D eigenvalue weighted by Crippen LogP contribution is -2.47. The molecule has 0 bridgehead atoms. The number of amides is 1. The molecule has 0 aromatic carbocycles. The van der Waals surface area contributed by atoms with Crippen LogP contribution in [0.1, 0.15) is 12.6 Å². The second kappa shape index (κ2) is 5.09. The summed E-state index contributed by atoms with van der Waals surface area (Å²) in [6, 6.07) is 3.97. The van der Waals surface area contributed by atoms with Crippen molar-refractivity contribution in [2.75, 3.05) is 31.9 Å². The average Bonchev–Trinajstić information content (AvgIpc) is 2.84. The van der Waals surface area contributed by atoms with E-state index in [4.69, 9.17) is 5.73 Å². The summed E-state index contributed by atoms with van der Waals surface area (Å²) in [4.78, 5) is 19.5. The summed E-state index contributed by atoms with van der Waals surface area (Å²) >= 11 is 0. The summed E-state index contributed by atoms with van der Waals surface area (Å²) in [5.41, 5.74) is 7.75. The molecule has 0 radical (unpaired) electrons. The summed E-state index contributed by atoms with van der Waals surface area (Å²) < 4.78 is 1.83. The molecule has 2 aromatic heterocycles. The maximum Gasteiger partial charge on any atom is 0.219 e. The van der Waals surface area contributed by atoms with E-state index < -0.39 is 0 Å². The number of anilines is 1. The van der Waals surface area contributed by atoms with Crippen molar-refractivity contribution < 1.29 is 4.79 Å². The van der Waals surface area contributed by atoms with Gasteiger partial charge >= 0.3 is 0 Å². The predicted molar refractivity (Wildman–Crippen MR) is 74.9 cm³/mol. The Bertz CT molecular complexity index is 629. The van der Waals surface area contributed by atoms with Gasteiger partial charge in [0.05, 0.1) is 5.69 Å². The third kappa shape index (κ3) is 2.32. The summed E-state index contributed by atoms with van der Waals surface area (Å²) in [6.07, 6.45) is 1.47. The molecule has 0 saturated carbocycles. The van der Waals surface area contributed by atoms with Crippen molar-refractivity contribution in [3.63, 3.8) is 0 Å². The molecule has 3 rings (SSSR count). The first-order valence-corrected chi connectivity index (χ1v) is 6.70. The highest BCUT2D eigenvalue weighted by Gasteiger charge is 2.19. The Morgan fingerprint density at radius 3 is 2.75 bits per heavy atom. The molecule has 7 nitrogen and oxygen atoms in total. The number of carbonyl (C=O) groups excluding carboxylic acids is 1. The molecule has 0 aliphatic carbocycles. The maximum absolute atomic E-state index is 11.3. The zero-order chi connectivity index (χ0) is 14.1. The first-order chi connectivity index (χ1) is 9.65. The zero-order valence-corrected chi connectivity index (χ0v) is 11.5. The SMILES string of the molecule is CC(=O)N1CCN(Cc2ccc3c(N)ncnn23)CC1. The molecule has 1 fully saturated rings. The van der Waals surface area contributed by atoms with Crippen molar-refractivity contribution in [3.05, 3.63) is 24.2 Å². The van der Waals surface area contributed by atoms with Crippen LogP contribution in [-0.4, -0.2) is 56.5 Å². The van der Waals surface area contributed by atoms with Crippen molar-refractivity contribution in [1.29, 1.82) is 0 Å². The Morgan fingerprint density at radius 1 is 1.30 bits per heavy atom. The smallest absolute Gasteiger partial charge is 0.219 e. The predicted octanol–water partition coefficient (Wildman–Crippen LogP) is -0.0244. The summed E-state index contributed by atoms with van der Waals surface area (Å²) in [7, 11) is 0. The summed E-state index contributed by atoms with van der Waals surface area (Å²) in [6.45, 7) is 5.76. The summed E-state index contributed by atoms with van der Waals surface area (Å²) in [5.74, 6) is 0.644. The molecule has 1 aliphatic heterocycles. The molecule has 3 heterocycles. The van der Waals surface area contributed by atoms with Gasteiger partial charge in [-0.2, -0.15) is 5.10 Å². The van der Waals surface area contributed by atoms with E-state index in [0.29, 0.717) is 5.82 Å². The number of nitrogens with two attached hydrogens (primary N) is 1. The second-order valence-electron chi connectivity index (χ2n) is 5.05. The van der Waals surface area contributed by atoms with E-state index in [9.17, 15) is 4.79 Å². The lowest BCUT2D eigenvalue weighted by molar-refractivity contribution is -0.130. The van der Waals surface area contributed by atoms with Gasteiger partial charge in [-0.3, -0.25) is 9.69 Å². The van der Waals surface area contributed by atoms with Crippen molar-refractivity contribution >= 4 is 17.2 Å². The van der Waals surface area contributed by atoms with Crippen LogP contribution in [0.15, 0.2) is 18.5 Å². The van der Waals surface area contributed by atoms with Gasteiger partial charge in [0, 0.05) is 39.6 Å². The minimum absolute atomic E-state index is 0.151. The topological polar surface area (TPSA) is 79.8 Å². The third-order valence-corrected chi connectivity index (χ3v) is 3.76. The van der Waals surface area contributed by atoms with Gasteiger partial charge in [-0.1, -0.05) is 0 Å². The molecule has 2 aromatic rings. The highest BCUT2D eigenvalue weighted by molar-refractivity contribution is 5.73. The third-order valence-electron chi connectivity index (χ3n) is 3.76. The van der Waals surface area contributed by atoms with Gasteiger partial charge in [0.15, 0.2) is 5.82 Å². The van der Waals surface area contributed by atoms with Gasteiger partial charge in [-0.25, -0.2) is 9.50 Å². The quantitative estimate of drug-likeness (QED) is 0.832. The van der Waals surface area contributed by atoms with E-state index in [2.05, 4.69) is 15.0 Å². The molecular formula is C13H18N6O. The molecule has 106 valence electrons. The Hall–Kier alpha value is -2.15. The molecule has 1 aliphatic rings. The van der Waals surface area contributed by atoms with Gasteiger partial charge in [0.2, 0.25) is 5.91 Å². The van der Waals surface area contributed by atoms with E-state index in [-0.39, 0.29) is 5.91 Å². The van der Waals surface area contributed by atoms with Crippen LogP contribution in [0.2, 0.25) is 0 Å². The fourth-order valence-corrected chi connectivity index (χ4v) is 2.58. The number of fused-ring (bicyclic) bond motifs is 1. The molecule has 0 atom stereocenters. The van der Waals surface area contributed by atoms with Crippen LogP contribution >= 0.6 is 0 Å². The number of hydrogen-bond donors (Lipinski definition) is 1. The fraction of sp³-hybridized carbons (Fsp3) is 0.462. The summed E-state index contributed by atoms with van der Waals surface area (Å²) in [5, 5.41) is 4.25. The number of hydrogen-bond acceptors (Lipinski definition) is 5. The van der Waals surface area contributed by atoms with Crippen molar-refractivity contribution in [3.8, 4) is 0 Å². The van der Waals surface area contributed by atoms with Crippen LogP contribution in [0.5, 0.6) is 0 Å². The molecule has 1 saturated heterocycles. The number of carbonyl (C=O) groups is 1. The number of rotatable bonds is 2. The van der Waals surface area contributed by atoms with Crippen LogP contribution in [0, 0.1) is 0 Å². The van der Waals surface area contributed by atoms with E-state index in [0.717, 1.165) is 43.9 Å². The van der Waals surface area contributed by atoms with Gasteiger partial charge in [-0.05, 0) is 12.1 Å². The minimum atomic E-state index is 0.151. The van der Waals surface area contributed by atoms with Gasteiger partial charge in [-0.15, -0.1) is 0 Å². The standard InChI is InChI=1S/C13H18N6O/c1-10(20)18-6-4-17(5-7-18)8-11-2-3-12-13(14)15-9-16-19(11)12/h2-3,9H,4-8H2,1H3,(H2,14,15,16). The number of nitrogens with zero attached hydrogens (tertiary/aromatic N) is 5. The maximum atomic E-state index is 11.3. The number of nitrogen functional groups attached to an aromatic ring is 1. The lowest BCUT2D eigenvalue weighted by atomic mass is 10.3. The molecule has 20 heavy (non-hydrogen) atoms. The highest BCUT2D eigenvalue weighted by Crippen LogP contribution is 2.15. The largest absolute Gasteiger partial charge is 0.382 e. The normalized spacial score (nSPS) is 16.8. The van der Waals surface area contributed by atoms with Crippen LogP contribution < -0.4 is 5.73 Å². The first kappa shape index (κ1) is 12.9. The van der Waals surface area contributed by atoms with E-state index in [1.54, 1.807) is 6.92 Å². The van der Waals surface area contributed by atoms with Gasteiger partial charge < -0.3 is 10.6 Å². The molecule has 7 heteroatoms. The van der Waals surface area contributed by atoms with Crippen LogP contribution in [-0.2, 0) is 11.3 Å². The molecular weight excluding hydrogens is 256 g/mol. The average molecular weight is 274 g/mol. The Kier molecular flexibility index (Phi) is 3.27. The fourth-order valence-electron chi connectivity index (χ4n) is 2.58. The molecule has 2 N–H and O–H groups in total. The Balaban J connectivity index is 1.72. The Morgan fingerprint density at radius 2 is 2.05 bits per heavy atom. The van der Waals surface area contributed by atoms with Gasteiger partial charge in [0.25, 0.3) is 0 Å². The van der Waals surface area contributed by atoms with Crippen molar-refractivity contribution in [2.24, 2.45) is 0 Å². The van der Waals surface area contributed by atoms with Crippen molar-refractivity contribution in [2.45, 2.75) is 13.5 Å². The monoisotopic (exact) mass is 274 g/mol. The van der Waals surface area contributed by atoms with E-state index >= 15 is 0 Å². The molecule has 0 spiro atoms. The zero-order valence-electron chi connectivity index (χ0n) is 11.5. The van der Waals surface area contributed by atoms with Crippen LogP contribution in [0.3, 0.4) is 0 Å². The van der Waals surface area contributed by atoms with Crippen LogP contribution in [0.25, 0.3) is 5.52 Å². The van der Waals surface area contributed by atoms with E-state index in [1.807, 2.05) is 21.5 Å². The van der Waals surface area contributed by atoms with Crippen LogP contribution in [0.4, 0.5) is 5.82 Å². The van der Waals surface area contributed by atoms with Crippen molar-refractivity contribution in [1.82, 2.24) is 24.4 Å². The second-order valence-corrected chi connectivity index (χ2v) is 5.05. The number of piperazine rings is 1. The Labute approximate surface area is 117 Å². The minimum Gasteiger partial charge on any atom is -0.382 e. The lowest BCUT2D eigenvalue weighted by Gasteiger charge is -2.33. The number of aromatic nitrogens is 3. The molecule has 0 unspecified atom stereocenters. The molecule has 1 amide bonds. The van der Waals surface area contributed by atoms with Gasteiger partial charge in [0.1, 0.15) is 11.8 Å². The van der Waals surface area contributed by atoms with E-state index in [1.165, 1.54) is 6.33 Å². The highest BCUT2D eigenvalue weighted by atomic mass is 16.2.